The van der Waals surface area contributed by atoms with Gasteiger partial charge in [-0.3, -0.25) is 14.5 Å². The fraction of sp³-hybridized carbons (Fsp3) is 0.619. The monoisotopic (exact) mass is 357 g/mol. The second-order valence-corrected chi connectivity index (χ2v) is 7.60. The molecule has 0 saturated carbocycles. The van der Waals surface area contributed by atoms with E-state index in [2.05, 4.69) is 36.2 Å². The summed E-state index contributed by atoms with van der Waals surface area (Å²) in [4.78, 5) is 29.0. The lowest BCUT2D eigenvalue weighted by molar-refractivity contribution is -0.126. The quantitative estimate of drug-likeness (QED) is 0.851. The van der Waals surface area contributed by atoms with Crippen LogP contribution in [0.2, 0.25) is 0 Å². The van der Waals surface area contributed by atoms with Crippen LogP contribution in [0.4, 0.5) is 5.69 Å². The van der Waals surface area contributed by atoms with Crippen molar-refractivity contribution in [2.24, 2.45) is 5.92 Å². The van der Waals surface area contributed by atoms with Crippen LogP contribution in [0.25, 0.3) is 0 Å². The Morgan fingerprint density at radius 2 is 2.00 bits per heavy atom. The van der Waals surface area contributed by atoms with Crippen LogP contribution >= 0.6 is 0 Å². The first kappa shape index (κ1) is 18.9. The number of hydrogen-bond donors (Lipinski definition) is 1. The fourth-order valence-electron chi connectivity index (χ4n) is 4.00. The number of benzene rings is 1. The normalized spacial score (nSPS) is 24.1. The number of nitrogens with one attached hydrogen (secondary N) is 1. The van der Waals surface area contributed by atoms with Gasteiger partial charge in [-0.1, -0.05) is 25.5 Å². The lowest BCUT2D eigenvalue weighted by atomic mass is 10.0. The van der Waals surface area contributed by atoms with Gasteiger partial charge in [-0.2, -0.15) is 0 Å². The maximum Gasteiger partial charge on any atom is 0.227 e. The Morgan fingerprint density at radius 1 is 1.23 bits per heavy atom. The first-order valence-corrected chi connectivity index (χ1v) is 9.99. The molecule has 0 aromatic heterocycles. The first-order valence-electron chi connectivity index (χ1n) is 9.99. The summed E-state index contributed by atoms with van der Waals surface area (Å²) in [5.41, 5.74) is 2.14. The molecule has 2 saturated heterocycles. The Morgan fingerprint density at radius 3 is 2.69 bits per heavy atom. The molecule has 26 heavy (non-hydrogen) atoms. The van der Waals surface area contributed by atoms with Crippen molar-refractivity contribution in [2.45, 2.75) is 52.0 Å². The zero-order valence-corrected chi connectivity index (χ0v) is 16.0. The van der Waals surface area contributed by atoms with E-state index in [0.717, 1.165) is 25.2 Å². The summed E-state index contributed by atoms with van der Waals surface area (Å²) in [6.07, 6.45) is 5.09. The summed E-state index contributed by atoms with van der Waals surface area (Å²) >= 11 is 0. The number of hydrogen-bond acceptors (Lipinski definition) is 3. The molecule has 2 unspecified atom stereocenters. The summed E-state index contributed by atoms with van der Waals surface area (Å²) in [5.74, 6) is -0.193. The number of nitrogens with zero attached hydrogens (tertiary/aromatic N) is 2. The zero-order valence-electron chi connectivity index (χ0n) is 16.0. The molecular formula is C21H31N3O2. The molecule has 2 fully saturated rings. The molecule has 0 bridgehead atoms. The van der Waals surface area contributed by atoms with Gasteiger partial charge in [0.15, 0.2) is 0 Å². The van der Waals surface area contributed by atoms with Gasteiger partial charge in [-0.25, -0.2) is 0 Å². The largest absolute Gasteiger partial charge is 0.355 e. The lowest BCUT2D eigenvalue weighted by Gasteiger charge is -2.33. The molecule has 0 aliphatic carbocycles. The van der Waals surface area contributed by atoms with Crippen molar-refractivity contribution in [2.75, 3.05) is 31.1 Å². The number of likely N-dealkylation sites (tertiary alicyclic amines) is 1. The molecule has 5 heteroatoms. The zero-order chi connectivity index (χ0) is 18.5. The van der Waals surface area contributed by atoms with Crippen LogP contribution in [0.15, 0.2) is 24.3 Å². The SMILES string of the molecule is CCc1ccc(N2CC(C(=O)NCCN3CCCCC3C)CC2=O)cc1. The van der Waals surface area contributed by atoms with Crippen molar-refractivity contribution in [1.82, 2.24) is 10.2 Å². The molecule has 3 rings (SSSR count). The van der Waals surface area contributed by atoms with Gasteiger partial charge in [0.1, 0.15) is 0 Å². The molecule has 1 aromatic rings. The minimum Gasteiger partial charge on any atom is -0.355 e. The topological polar surface area (TPSA) is 52.7 Å². The second-order valence-electron chi connectivity index (χ2n) is 7.60. The van der Waals surface area contributed by atoms with E-state index in [1.807, 2.05) is 12.1 Å². The van der Waals surface area contributed by atoms with Crippen LogP contribution in [0.3, 0.4) is 0 Å². The molecule has 2 amide bonds. The summed E-state index contributed by atoms with van der Waals surface area (Å²) in [6, 6.07) is 8.67. The third-order valence-electron chi connectivity index (χ3n) is 5.79. The van der Waals surface area contributed by atoms with Gasteiger partial charge in [0.25, 0.3) is 0 Å². The van der Waals surface area contributed by atoms with E-state index in [4.69, 9.17) is 0 Å². The van der Waals surface area contributed by atoms with Crippen molar-refractivity contribution >= 4 is 17.5 Å². The highest BCUT2D eigenvalue weighted by Gasteiger charge is 2.35. The smallest absolute Gasteiger partial charge is 0.227 e. The van der Waals surface area contributed by atoms with E-state index in [0.29, 0.717) is 25.6 Å². The van der Waals surface area contributed by atoms with Gasteiger partial charge in [-0.05, 0) is 50.4 Å². The van der Waals surface area contributed by atoms with Gasteiger partial charge in [0, 0.05) is 37.8 Å². The van der Waals surface area contributed by atoms with Crippen molar-refractivity contribution in [3.63, 3.8) is 0 Å². The van der Waals surface area contributed by atoms with Crippen LogP contribution < -0.4 is 10.2 Å². The van der Waals surface area contributed by atoms with E-state index >= 15 is 0 Å². The molecular weight excluding hydrogens is 326 g/mol. The van der Waals surface area contributed by atoms with Gasteiger partial charge in [-0.15, -0.1) is 0 Å². The molecule has 0 radical (unpaired) electrons. The number of carbonyl (C=O) groups excluding carboxylic acids is 2. The van der Waals surface area contributed by atoms with Gasteiger partial charge >= 0.3 is 0 Å². The van der Waals surface area contributed by atoms with Crippen molar-refractivity contribution in [3.05, 3.63) is 29.8 Å². The van der Waals surface area contributed by atoms with Crippen molar-refractivity contribution < 1.29 is 9.59 Å². The Balaban J connectivity index is 1.48. The third kappa shape index (κ3) is 4.44. The maximum absolute atomic E-state index is 12.5. The van der Waals surface area contributed by atoms with Crippen LogP contribution in [-0.2, 0) is 16.0 Å². The molecule has 2 heterocycles. The number of carbonyl (C=O) groups is 2. The molecule has 0 spiro atoms. The molecule has 5 nitrogen and oxygen atoms in total. The molecule has 1 N–H and O–H groups in total. The molecule has 1 aromatic carbocycles. The van der Waals surface area contributed by atoms with Crippen LogP contribution in [0.5, 0.6) is 0 Å². The van der Waals surface area contributed by atoms with E-state index in [-0.39, 0.29) is 17.7 Å². The van der Waals surface area contributed by atoms with E-state index in [1.54, 1.807) is 4.90 Å². The Labute approximate surface area is 156 Å². The summed E-state index contributed by atoms with van der Waals surface area (Å²) in [6.45, 7) is 7.55. The van der Waals surface area contributed by atoms with Crippen LogP contribution in [0.1, 0.15) is 45.1 Å². The molecule has 2 aliphatic heterocycles. The second kappa shape index (κ2) is 8.67. The highest BCUT2D eigenvalue weighted by Crippen LogP contribution is 2.25. The van der Waals surface area contributed by atoms with E-state index in [9.17, 15) is 9.59 Å². The Hall–Kier alpha value is -1.88. The van der Waals surface area contributed by atoms with Gasteiger partial charge in [0.2, 0.25) is 11.8 Å². The average molecular weight is 357 g/mol. The number of piperidine rings is 1. The Kier molecular flexibility index (Phi) is 6.30. The highest BCUT2D eigenvalue weighted by atomic mass is 16.2. The number of amides is 2. The highest BCUT2D eigenvalue weighted by molar-refractivity contribution is 6.00. The van der Waals surface area contributed by atoms with E-state index in [1.165, 1.54) is 24.8 Å². The predicted octanol–water partition coefficient (Wildman–Crippen LogP) is 2.59. The van der Waals surface area contributed by atoms with Crippen molar-refractivity contribution in [3.8, 4) is 0 Å². The minimum atomic E-state index is -0.243. The van der Waals surface area contributed by atoms with Crippen LogP contribution in [-0.4, -0.2) is 48.9 Å². The summed E-state index contributed by atoms with van der Waals surface area (Å²) in [5, 5.41) is 3.04. The van der Waals surface area contributed by atoms with Crippen LogP contribution in [0, 0.1) is 5.92 Å². The third-order valence-corrected chi connectivity index (χ3v) is 5.79. The number of aryl methyl sites for hydroxylation is 1. The summed E-state index contributed by atoms with van der Waals surface area (Å²) in [7, 11) is 0. The Bertz CT molecular complexity index is 629. The number of anilines is 1. The van der Waals surface area contributed by atoms with Crippen molar-refractivity contribution in [1.29, 1.82) is 0 Å². The molecule has 2 atom stereocenters. The lowest BCUT2D eigenvalue weighted by Crippen LogP contribution is -2.43. The molecule has 2 aliphatic rings. The van der Waals surface area contributed by atoms with E-state index < -0.39 is 0 Å². The van der Waals surface area contributed by atoms with Gasteiger partial charge < -0.3 is 10.2 Å². The maximum atomic E-state index is 12.5. The molecule has 142 valence electrons. The fourth-order valence-corrected chi connectivity index (χ4v) is 4.00. The first-order chi connectivity index (χ1) is 12.6. The van der Waals surface area contributed by atoms with Gasteiger partial charge in [0.05, 0.1) is 5.92 Å². The predicted molar refractivity (Wildman–Crippen MR) is 104 cm³/mol. The average Bonchev–Trinajstić information content (AvgIpc) is 3.05. The standard InChI is InChI=1S/C21H31N3O2/c1-3-17-7-9-19(10-8-17)24-15-18(14-20(24)25)21(26)22-11-13-23-12-5-4-6-16(23)2/h7-10,16,18H,3-6,11-15H2,1-2H3,(H,22,26). The minimum absolute atomic E-state index is 0.00990. The number of rotatable bonds is 6. The summed E-state index contributed by atoms with van der Waals surface area (Å²) < 4.78 is 0.